The Morgan fingerprint density at radius 1 is 1.62 bits per heavy atom. The number of rotatable bonds is 1. The molecule has 0 saturated heterocycles. The van der Waals surface area contributed by atoms with Crippen LogP contribution >= 0.6 is 0 Å². The van der Waals surface area contributed by atoms with Crippen molar-refractivity contribution in [2.45, 2.75) is 13.1 Å². The van der Waals surface area contributed by atoms with Gasteiger partial charge in [-0.1, -0.05) is 0 Å². The number of aromatic amines is 1. The van der Waals surface area contributed by atoms with Crippen molar-refractivity contribution in [3.8, 4) is 0 Å². The second kappa shape index (κ2) is 3.08. The van der Waals surface area contributed by atoms with Gasteiger partial charge >= 0.3 is 12.1 Å². The lowest BCUT2D eigenvalue weighted by Crippen LogP contribution is -2.30. The molecular formula is C6H6F3N3O. The number of H-pyrrole nitrogens is 1. The van der Waals surface area contributed by atoms with E-state index in [1.54, 1.807) is 12.2 Å². The van der Waals surface area contributed by atoms with E-state index in [9.17, 15) is 18.0 Å². The number of hydrogen-bond donors (Lipinski definition) is 2. The van der Waals surface area contributed by atoms with Crippen molar-refractivity contribution in [3.63, 3.8) is 0 Å². The van der Waals surface area contributed by atoms with E-state index in [-0.39, 0.29) is 5.82 Å². The first-order valence-electron chi connectivity index (χ1n) is 3.29. The topological polar surface area (TPSA) is 57.8 Å². The highest BCUT2D eigenvalue weighted by atomic mass is 19.4. The number of anilines is 1. The molecule has 1 rings (SSSR count). The van der Waals surface area contributed by atoms with Gasteiger partial charge < -0.3 is 10.3 Å². The Labute approximate surface area is 71.2 Å². The summed E-state index contributed by atoms with van der Waals surface area (Å²) in [5.41, 5.74) is 0. The van der Waals surface area contributed by atoms with Gasteiger partial charge in [0.2, 0.25) is 0 Å². The van der Waals surface area contributed by atoms with Crippen LogP contribution in [0.15, 0.2) is 6.20 Å². The minimum absolute atomic E-state index is 0.0696. The third kappa shape index (κ3) is 2.46. The smallest absolute Gasteiger partial charge is 0.329 e. The minimum atomic E-state index is -4.88. The number of nitrogens with one attached hydrogen (secondary N) is 2. The Kier molecular flexibility index (Phi) is 2.26. The van der Waals surface area contributed by atoms with Crippen molar-refractivity contribution in [2.24, 2.45) is 0 Å². The number of imidazole rings is 1. The molecule has 4 nitrogen and oxygen atoms in total. The number of carbonyl (C=O) groups excluding carboxylic acids is 1. The van der Waals surface area contributed by atoms with Gasteiger partial charge in [0.15, 0.2) is 0 Å². The summed E-state index contributed by atoms with van der Waals surface area (Å²) in [6.45, 7) is 1.56. The Morgan fingerprint density at radius 3 is 2.62 bits per heavy atom. The van der Waals surface area contributed by atoms with E-state index in [0.717, 1.165) is 6.20 Å². The van der Waals surface area contributed by atoms with Gasteiger partial charge in [-0.3, -0.25) is 4.79 Å². The van der Waals surface area contributed by atoms with Crippen LogP contribution in [0.2, 0.25) is 0 Å². The molecule has 1 amide bonds. The highest BCUT2D eigenvalue weighted by molar-refractivity contribution is 5.93. The first kappa shape index (κ1) is 9.56. The van der Waals surface area contributed by atoms with Gasteiger partial charge in [0.25, 0.3) is 0 Å². The van der Waals surface area contributed by atoms with E-state index < -0.39 is 12.1 Å². The average molecular weight is 193 g/mol. The van der Waals surface area contributed by atoms with Crippen LogP contribution in [-0.2, 0) is 4.79 Å². The zero-order valence-corrected chi connectivity index (χ0v) is 6.57. The van der Waals surface area contributed by atoms with Crippen LogP contribution in [0.4, 0.5) is 19.0 Å². The largest absolute Gasteiger partial charge is 0.471 e. The molecule has 7 heteroatoms. The molecule has 1 aromatic rings. The van der Waals surface area contributed by atoms with Crippen LogP contribution in [0.1, 0.15) is 5.82 Å². The predicted molar refractivity (Wildman–Crippen MR) is 38.0 cm³/mol. The van der Waals surface area contributed by atoms with Gasteiger partial charge in [0.1, 0.15) is 11.6 Å². The number of aromatic nitrogens is 2. The van der Waals surface area contributed by atoms with Gasteiger partial charge in [-0.15, -0.1) is 0 Å². The molecule has 2 N–H and O–H groups in total. The summed E-state index contributed by atoms with van der Waals surface area (Å²) in [4.78, 5) is 16.4. The molecule has 1 heterocycles. The number of amides is 1. The Balaban J connectivity index is 2.65. The second-order valence-electron chi connectivity index (χ2n) is 2.33. The van der Waals surface area contributed by atoms with E-state index in [4.69, 9.17) is 0 Å². The molecular weight excluding hydrogens is 187 g/mol. The summed E-state index contributed by atoms with van der Waals surface area (Å²) >= 11 is 0. The monoisotopic (exact) mass is 193 g/mol. The predicted octanol–water partition coefficient (Wildman–Crippen LogP) is 1.22. The fraction of sp³-hybridized carbons (Fsp3) is 0.333. The third-order valence-corrected chi connectivity index (χ3v) is 1.21. The fourth-order valence-corrected chi connectivity index (χ4v) is 0.678. The number of carbonyl (C=O) groups is 1. The lowest BCUT2D eigenvalue weighted by molar-refractivity contribution is -0.167. The first-order valence-corrected chi connectivity index (χ1v) is 3.29. The molecule has 1 aromatic heterocycles. The van der Waals surface area contributed by atoms with Crippen LogP contribution < -0.4 is 5.32 Å². The molecule has 13 heavy (non-hydrogen) atoms. The van der Waals surface area contributed by atoms with Gasteiger partial charge in [-0.25, -0.2) is 4.98 Å². The van der Waals surface area contributed by atoms with Gasteiger partial charge in [-0.05, 0) is 6.92 Å². The molecule has 0 aliphatic heterocycles. The minimum Gasteiger partial charge on any atom is -0.329 e. The Morgan fingerprint density at radius 2 is 2.23 bits per heavy atom. The number of nitrogens with zero attached hydrogens (tertiary/aromatic N) is 1. The summed E-state index contributed by atoms with van der Waals surface area (Å²) in [5, 5.41) is 1.62. The van der Waals surface area contributed by atoms with Crippen LogP contribution in [0.25, 0.3) is 0 Å². The summed E-state index contributed by atoms with van der Waals surface area (Å²) in [6.07, 6.45) is -3.77. The number of hydrogen-bond acceptors (Lipinski definition) is 2. The summed E-state index contributed by atoms with van der Waals surface area (Å²) in [7, 11) is 0. The zero-order chi connectivity index (χ0) is 10.1. The standard InChI is InChI=1S/C6H6F3N3O/c1-3-10-2-4(11-3)12-5(13)6(7,8)9/h2H,1H3,(H,10,11)(H,12,13). The maximum atomic E-state index is 11.7. The molecule has 0 saturated carbocycles. The number of halogens is 3. The normalized spacial score (nSPS) is 11.4. The lowest BCUT2D eigenvalue weighted by atomic mass is 10.5. The van der Waals surface area contributed by atoms with E-state index in [0.29, 0.717) is 5.82 Å². The van der Waals surface area contributed by atoms with Crippen molar-refractivity contribution in [3.05, 3.63) is 12.0 Å². The maximum Gasteiger partial charge on any atom is 0.471 e. The van der Waals surface area contributed by atoms with Crippen molar-refractivity contribution < 1.29 is 18.0 Å². The quantitative estimate of drug-likeness (QED) is 0.704. The maximum absolute atomic E-state index is 11.7. The van der Waals surface area contributed by atoms with Crippen molar-refractivity contribution in [1.29, 1.82) is 0 Å². The van der Waals surface area contributed by atoms with Crippen LogP contribution in [-0.4, -0.2) is 22.1 Å². The van der Waals surface area contributed by atoms with Gasteiger partial charge in [-0.2, -0.15) is 13.2 Å². The van der Waals surface area contributed by atoms with E-state index in [1.807, 2.05) is 0 Å². The number of alkyl halides is 3. The lowest BCUT2D eigenvalue weighted by Gasteiger charge is -2.04. The molecule has 0 radical (unpaired) electrons. The molecule has 0 aromatic carbocycles. The Hall–Kier alpha value is -1.53. The summed E-state index contributed by atoms with van der Waals surface area (Å²) < 4.78 is 35.1. The molecule has 0 bridgehead atoms. The van der Waals surface area contributed by atoms with Gasteiger partial charge in [0, 0.05) is 0 Å². The Bertz CT molecular complexity index is 317. The summed E-state index contributed by atoms with van der Waals surface area (Å²) in [6, 6.07) is 0. The zero-order valence-electron chi connectivity index (χ0n) is 6.57. The van der Waals surface area contributed by atoms with Crippen LogP contribution in [0, 0.1) is 6.92 Å². The second-order valence-corrected chi connectivity index (χ2v) is 2.33. The molecule has 0 unspecified atom stereocenters. The van der Waals surface area contributed by atoms with Crippen molar-refractivity contribution in [1.82, 2.24) is 9.97 Å². The number of aryl methyl sites for hydroxylation is 1. The van der Waals surface area contributed by atoms with Crippen LogP contribution in [0.5, 0.6) is 0 Å². The van der Waals surface area contributed by atoms with E-state index in [1.165, 1.54) is 0 Å². The summed E-state index contributed by atoms with van der Waals surface area (Å²) in [5.74, 6) is -1.66. The first-order chi connectivity index (χ1) is 5.89. The SMILES string of the molecule is Cc1ncc(NC(=O)C(F)(F)F)[nH]1. The van der Waals surface area contributed by atoms with Crippen molar-refractivity contribution in [2.75, 3.05) is 5.32 Å². The molecule has 0 spiro atoms. The fourth-order valence-electron chi connectivity index (χ4n) is 0.678. The molecule has 0 aliphatic rings. The highest BCUT2D eigenvalue weighted by Gasteiger charge is 2.38. The van der Waals surface area contributed by atoms with E-state index >= 15 is 0 Å². The highest BCUT2D eigenvalue weighted by Crippen LogP contribution is 2.16. The molecule has 72 valence electrons. The molecule has 0 fully saturated rings. The average Bonchev–Trinajstić information content (AvgIpc) is 2.33. The molecule has 0 atom stereocenters. The van der Waals surface area contributed by atoms with Crippen LogP contribution in [0.3, 0.4) is 0 Å². The van der Waals surface area contributed by atoms with Gasteiger partial charge in [0.05, 0.1) is 6.20 Å². The third-order valence-electron chi connectivity index (χ3n) is 1.21. The van der Waals surface area contributed by atoms with E-state index in [2.05, 4.69) is 9.97 Å². The van der Waals surface area contributed by atoms with Crippen molar-refractivity contribution >= 4 is 11.7 Å². The molecule has 0 aliphatic carbocycles.